The van der Waals surface area contributed by atoms with Gasteiger partial charge in [-0.3, -0.25) is 4.68 Å². The van der Waals surface area contributed by atoms with E-state index in [9.17, 15) is 0 Å². The third-order valence-electron chi connectivity index (χ3n) is 3.58. The predicted molar refractivity (Wildman–Crippen MR) is 68.0 cm³/mol. The molecule has 0 fully saturated rings. The second-order valence-corrected chi connectivity index (χ2v) is 4.36. The summed E-state index contributed by atoms with van der Waals surface area (Å²) in [6.07, 6.45) is 0. The molecule has 0 bridgehead atoms. The number of para-hydroxylation sites is 1. The Labute approximate surface area is 94.0 Å². The molecular weight excluding hydrogens is 198 g/mol. The molecule has 0 saturated carbocycles. The number of nitrogen functional groups attached to an aromatic ring is 1. The van der Waals surface area contributed by atoms with Crippen LogP contribution in [0.1, 0.15) is 11.3 Å². The van der Waals surface area contributed by atoms with Gasteiger partial charge in [0, 0.05) is 23.5 Å². The maximum Gasteiger partial charge on any atom is 0.140 e. The van der Waals surface area contributed by atoms with Crippen LogP contribution in [0.2, 0.25) is 0 Å². The quantitative estimate of drug-likeness (QED) is 0.572. The molecule has 0 amide bonds. The highest BCUT2D eigenvalue weighted by molar-refractivity contribution is 6.09. The molecule has 0 saturated heterocycles. The molecule has 3 aromatic rings. The fourth-order valence-electron chi connectivity index (χ4n) is 2.55. The molecule has 0 aliphatic rings. The molecule has 3 rings (SSSR count). The number of benzene rings is 1. The number of rotatable bonds is 0. The molecule has 82 valence electrons. The summed E-state index contributed by atoms with van der Waals surface area (Å²) >= 11 is 0. The van der Waals surface area contributed by atoms with Crippen molar-refractivity contribution in [1.29, 1.82) is 0 Å². The molecule has 0 aliphatic carbocycles. The average molecular weight is 213 g/mol. The summed E-state index contributed by atoms with van der Waals surface area (Å²) in [4.78, 5) is 0. The lowest BCUT2D eigenvalue weighted by molar-refractivity contribution is 0.901. The van der Waals surface area contributed by atoms with Gasteiger partial charge in [-0.05, 0) is 25.5 Å². The van der Waals surface area contributed by atoms with Gasteiger partial charge in [-0.1, -0.05) is 18.2 Å². The van der Waals surface area contributed by atoms with Gasteiger partial charge in [0.2, 0.25) is 0 Å². The monoisotopic (exact) mass is 213 g/mol. The van der Waals surface area contributed by atoms with Gasteiger partial charge in [0.05, 0.1) is 5.52 Å². The van der Waals surface area contributed by atoms with E-state index in [4.69, 9.17) is 5.84 Å². The van der Waals surface area contributed by atoms with E-state index < -0.39 is 0 Å². The zero-order valence-corrected chi connectivity index (χ0v) is 9.78. The summed E-state index contributed by atoms with van der Waals surface area (Å²) in [6, 6.07) is 8.42. The Kier molecular flexibility index (Phi) is 1.64. The van der Waals surface area contributed by atoms with Gasteiger partial charge in [0.1, 0.15) is 5.65 Å². The molecule has 16 heavy (non-hydrogen) atoms. The number of nitrogens with two attached hydrogens (primary N) is 1. The van der Waals surface area contributed by atoms with Gasteiger partial charge >= 0.3 is 0 Å². The van der Waals surface area contributed by atoms with Crippen LogP contribution in [0.5, 0.6) is 0 Å². The van der Waals surface area contributed by atoms with Gasteiger partial charge < -0.3 is 10.4 Å². The van der Waals surface area contributed by atoms with E-state index in [1.54, 1.807) is 4.68 Å². The van der Waals surface area contributed by atoms with Crippen molar-refractivity contribution in [2.75, 3.05) is 5.84 Å². The van der Waals surface area contributed by atoms with E-state index in [1.165, 1.54) is 21.9 Å². The first-order chi connectivity index (χ1) is 7.63. The Morgan fingerprint density at radius 2 is 1.81 bits per heavy atom. The number of nitrogens with zero attached hydrogens (tertiary/aromatic N) is 2. The molecule has 0 spiro atoms. The third-order valence-corrected chi connectivity index (χ3v) is 3.58. The Hall–Kier alpha value is -1.90. The van der Waals surface area contributed by atoms with E-state index in [2.05, 4.69) is 49.7 Å². The van der Waals surface area contributed by atoms with Crippen LogP contribution in [0, 0.1) is 13.8 Å². The average Bonchev–Trinajstić information content (AvgIpc) is 2.71. The minimum absolute atomic E-state index is 1.09. The van der Waals surface area contributed by atoms with Crippen molar-refractivity contribution >= 4 is 21.9 Å². The summed E-state index contributed by atoms with van der Waals surface area (Å²) < 4.78 is 3.94. The van der Waals surface area contributed by atoms with Crippen molar-refractivity contribution in [1.82, 2.24) is 9.24 Å². The summed E-state index contributed by atoms with van der Waals surface area (Å²) in [5, 5.41) is 2.56. The molecule has 2 heterocycles. The number of hydrogen-bond donors (Lipinski definition) is 1. The number of hydrogen-bond acceptors (Lipinski definition) is 1. The largest absolute Gasteiger partial charge is 0.338 e. The van der Waals surface area contributed by atoms with Gasteiger partial charge in [-0.2, -0.15) is 0 Å². The smallest absolute Gasteiger partial charge is 0.140 e. The summed E-state index contributed by atoms with van der Waals surface area (Å²) in [6.45, 7) is 4.19. The molecule has 0 unspecified atom stereocenters. The SMILES string of the molecule is Cc1c(C)n(N)c2c1c1ccccc1n2C. The maximum absolute atomic E-state index is 6.10. The fourth-order valence-corrected chi connectivity index (χ4v) is 2.55. The first kappa shape index (κ1) is 9.33. The Bertz CT molecular complexity index is 701. The molecule has 3 heteroatoms. The minimum Gasteiger partial charge on any atom is -0.338 e. The Morgan fingerprint density at radius 3 is 2.56 bits per heavy atom. The van der Waals surface area contributed by atoms with E-state index in [-0.39, 0.29) is 0 Å². The third kappa shape index (κ3) is 0.883. The molecule has 3 nitrogen and oxygen atoms in total. The van der Waals surface area contributed by atoms with Crippen molar-refractivity contribution in [2.24, 2.45) is 7.05 Å². The van der Waals surface area contributed by atoms with E-state index in [0.717, 1.165) is 11.3 Å². The minimum atomic E-state index is 1.09. The van der Waals surface area contributed by atoms with Crippen LogP contribution in [-0.4, -0.2) is 9.24 Å². The molecule has 2 N–H and O–H groups in total. The molecule has 2 aromatic heterocycles. The Morgan fingerprint density at radius 1 is 1.12 bits per heavy atom. The highest BCUT2D eigenvalue weighted by Gasteiger charge is 2.16. The maximum atomic E-state index is 6.10. The molecule has 0 atom stereocenters. The number of fused-ring (bicyclic) bond motifs is 3. The summed E-state index contributed by atoms with van der Waals surface area (Å²) in [7, 11) is 2.06. The normalized spacial score (nSPS) is 11.7. The molecule has 0 aliphatic heterocycles. The highest BCUT2D eigenvalue weighted by Crippen LogP contribution is 2.32. The first-order valence-corrected chi connectivity index (χ1v) is 5.43. The van der Waals surface area contributed by atoms with Gasteiger partial charge in [0.25, 0.3) is 0 Å². The Balaban J connectivity index is 2.71. The van der Waals surface area contributed by atoms with E-state index in [1.807, 2.05) is 0 Å². The van der Waals surface area contributed by atoms with Crippen LogP contribution in [-0.2, 0) is 7.05 Å². The van der Waals surface area contributed by atoms with Crippen LogP contribution >= 0.6 is 0 Å². The standard InChI is InChI=1S/C13H15N3/c1-8-9(2)16(14)13-12(8)10-6-4-5-7-11(10)15(13)3/h4-7H,14H2,1-3H3. The van der Waals surface area contributed by atoms with Crippen molar-refractivity contribution in [3.8, 4) is 0 Å². The van der Waals surface area contributed by atoms with Gasteiger partial charge in [-0.25, -0.2) is 0 Å². The second kappa shape index (κ2) is 2.82. The van der Waals surface area contributed by atoms with Gasteiger partial charge in [0.15, 0.2) is 0 Å². The van der Waals surface area contributed by atoms with Crippen LogP contribution in [0.3, 0.4) is 0 Å². The first-order valence-electron chi connectivity index (χ1n) is 5.43. The van der Waals surface area contributed by atoms with Crippen molar-refractivity contribution in [2.45, 2.75) is 13.8 Å². The molecule has 0 radical (unpaired) electrons. The lowest BCUT2D eigenvalue weighted by atomic mass is 10.1. The topological polar surface area (TPSA) is 35.9 Å². The van der Waals surface area contributed by atoms with Crippen LogP contribution in [0.25, 0.3) is 21.9 Å². The van der Waals surface area contributed by atoms with E-state index >= 15 is 0 Å². The predicted octanol–water partition coefficient (Wildman–Crippen LogP) is 2.46. The van der Waals surface area contributed by atoms with Crippen LogP contribution < -0.4 is 5.84 Å². The number of aryl methyl sites for hydroxylation is 2. The lowest BCUT2D eigenvalue weighted by Gasteiger charge is -2.02. The second-order valence-electron chi connectivity index (χ2n) is 4.36. The van der Waals surface area contributed by atoms with Gasteiger partial charge in [-0.15, -0.1) is 0 Å². The molecular formula is C13H15N3. The highest BCUT2D eigenvalue weighted by atomic mass is 15.3. The van der Waals surface area contributed by atoms with Crippen LogP contribution in [0.15, 0.2) is 24.3 Å². The summed E-state index contributed by atoms with van der Waals surface area (Å²) in [5.41, 5.74) is 4.73. The van der Waals surface area contributed by atoms with Crippen molar-refractivity contribution in [3.05, 3.63) is 35.5 Å². The summed E-state index contributed by atoms with van der Waals surface area (Å²) in [5.74, 6) is 6.10. The van der Waals surface area contributed by atoms with Crippen molar-refractivity contribution in [3.63, 3.8) is 0 Å². The molecule has 1 aromatic carbocycles. The lowest BCUT2D eigenvalue weighted by Crippen LogP contribution is -2.12. The zero-order valence-electron chi connectivity index (χ0n) is 9.78. The fraction of sp³-hybridized carbons (Fsp3) is 0.231. The van der Waals surface area contributed by atoms with Crippen LogP contribution in [0.4, 0.5) is 0 Å². The van der Waals surface area contributed by atoms with Crippen molar-refractivity contribution < 1.29 is 0 Å². The van der Waals surface area contributed by atoms with E-state index in [0.29, 0.717) is 0 Å². The number of aromatic nitrogens is 2. The zero-order chi connectivity index (χ0) is 11.4.